The lowest BCUT2D eigenvalue weighted by molar-refractivity contribution is 0.103. The zero-order valence-corrected chi connectivity index (χ0v) is 16.5. The molecule has 0 N–H and O–H groups in total. The van der Waals surface area contributed by atoms with Gasteiger partial charge in [0.15, 0.2) is 5.78 Å². The summed E-state index contributed by atoms with van der Waals surface area (Å²) in [6, 6.07) is 11.8. The third-order valence-corrected chi connectivity index (χ3v) is 5.56. The predicted octanol–water partition coefficient (Wildman–Crippen LogP) is 6.69. The van der Waals surface area contributed by atoms with Gasteiger partial charge < -0.3 is 0 Å². The first-order chi connectivity index (χ1) is 10.3. The Morgan fingerprint density at radius 3 is 1.45 bits per heavy atom. The van der Waals surface area contributed by atoms with E-state index in [0.717, 1.165) is 20.1 Å². The van der Waals surface area contributed by atoms with Crippen LogP contribution in [0.15, 0.2) is 45.3 Å². The van der Waals surface area contributed by atoms with E-state index in [1.54, 1.807) is 0 Å². The van der Waals surface area contributed by atoms with Crippen molar-refractivity contribution in [1.82, 2.24) is 0 Å². The molecule has 0 saturated carbocycles. The van der Waals surface area contributed by atoms with Gasteiger partial charge in [-0.15, -0.1) is 0 Å². The highest BCUT2D eigenvalue weighted by atomic mass is 79.9. The van der Waals surface area contributed by atoms with Gasteiger partial charge in [0.2, 0.25) is 0 Å². The third kappa shape index (κ3) is 3.36. The number of halogens is 2. The molecule has 0 aliphatic rings. The molecule has 0 radical (unpaired) electrons. The van der Waals surface area contributed by atoms with Crippen LogP contribution in [0.2, 0.25) is 0 Å². The maximum atomic E-state index is 13.0. The van der Waals surface area contributed by atoms with Gasteiger partial charge in [-0.25, -0.2) is 0 Å². The van der Waals surface area contributed by atoms with Crippen molar-refractivity contribution in [1.29, 1.82) is 0 Å². The van der Waals surface area contributed by atoms with E-state index in [1.165, 1.54) is 0 Å². The minimum atomic E-state index is 0.0451. The SMILES string of the molecule is CC(C)c1cccc(C(=O)c2cccc(C(C)C)c2Br)c1Br. The van der Waals surface area contributed by atoms with E-state index in [4.69, 9.17) is 0 Å². The molecule has 0 atom stereocenters. The van der Waals surface area contributed by atoms with Gasteiger partial charge in [-0.2, -0.15) is 0 Å². The molecule has 2 rings (SSSR count). The van der Waals surface area contributed by atoms with Gasteiger partial charge in [-0.1, -0.05) is 52.0 Å². The fourth-order valence-corrected chi connectivity index (χ4v) is 4.29. The van der Waals surface area contributed by atoms with Crippen LogP contribution in [0, 0.1) is 0 Å². The largest absolute Gasteiger partial charge is 0.289 e. The number of benzene rings is 2. The van der Waals surface area contributed by atoms with Crippen LogP contribution in [0.25, 0.3) is 0 Å². The molecule has 0 saturated heterocycles. The summed E-state index contributed by atoms with van der Waals surface area (Å²) < 4.78 is 1.80. The predicted molar refractivity (Wildman–Crippen MR) is 99.9 cm³/mol. The van der Waals surface area contributed by atoms with Crippen LogP contribution in [-0.4, -0.2) is 5.78 Å². The summed E-state index contributed by atoms with van der Waals surface area (Å²) in [5, 5.41) is 0. The highest BCUT2D eigenvalue weighted by Gasteiger charge is 2.20. The summed E-state index contributed by atoms with van der Waals surface area (Å²) in [6.45, 7) is 8.51. The summed E-state index contributed by atoms with van der Waals surface area (Å²) >= 11 is 7.23. The minimum Gasteiger partial charge on any atom is -0.289 e. The maximum absolute atomic E-state index is 13.0. The zero-order chi connectivity index (χ0) is 16.4. The van der Waals surface area contributed by atoms with Crippen molar-refractivity contribution in [2.75, 3.05) is 0 Å². The molecular formula is C19H20Br2O. The molecular weight excluding hydrogens is 404 g/mol. The van der Waals surface area contributed by atoms with Gasteiger partial charge in [-0.05, 0) is 67.0 Å². The molecule has 116 valence electrons. The lowest BCUT2D eigenvalue weighted by Crippen LogP contribution is -2.07. The maximum Gasteiger partial charge on any atom is 0.195 e. The molecule has 3 heteroatoms. The van der Waals surface area contributed by atoms with Crippen molar-refractivity contribution in [3.63, 3.8) is 0 Å². The Balaban J connectivity index is 2.54. The van der Waals surface area contributed by atoms with Gasteiger partial charge >= 0.3 is 0 Å². The van der Waals surface area contributed by atoms with Crippen molar-refractivity contribution >= 4 is 37.6 Å². The van der Waals surface area contributed by atoms with E-state index in [0.29, 0.717) is 23.0 Å². The molecule has 0 spiro atoms. The lowest BCUT2D eigenvalue weighted by Gasteiger charge is -2.15. The highest BCUT2D eigenvalue weighted by molar-refractivity contribution is 9.11. The topological polar surface area (TPSA) is 17.1 Å². The zero-order valence-electron chi connectivity index (χ0n) is 13.3. The molecule has 0 aliphatic heterocycles. The van der Waals surface area contributed by atoms with Crippen molar-refractivity contribution in [3.05, 3.63) is 67.6 Å². The summed E-state index contributed by atoms with van der Waals surface area (Å²) in [6.07, 6.45) is 0. The molecule has 0 unspecified atom stereocenters. The Morgan fingerprint density at radius 2 is 1.14 bits per heavy atom. The summed E-state index contributed by atoms with van der Waals surface area (Å²) in [7, 11) is 0. The number of ketones is 1. The Labute approximate surface area is 149 Å². The normalized spacial score (nSPS) is 11.3. The first-order valence-corrected chi connectivity index (χ1v) is 9.04. The molecule has 2 aromatic carbocycles. The van der Waals surface area contributed by atoms with E-state index in [2.05, 4.69) is 71.7 Å². The van der Waals surface area contributed by atoms with Crippen LogP contribution in [0.4, 0.5) is 0 Å². The molecule has 22 heavy (non-hydrogen) atoms. The second-order valence-corrected chi connectivity index (χ2v) is 7.64. The Hall–Kier alpha value is -0.930. The summed E-state index contributed by atoms with van der Waals surface area (Å²) in [4.78, 5) is 13.0. The van der Waals surface area contributed by atoms with Gasteiger partial charge in [0.25, 0.3) is 0 Å². The van der Waals surface area contributed by atoms with Crippen LogP contribution in [-0.2, 0) is 0 Å². The molecule has 0 aliphatic carbocycles. The molecule has 0 aromatic heterocycles. The van der Waals surface area contributed by atoms with Gasteiger partial charge in [-0.3, -0.25) is 4.79 Å². The lowest BCUT2D eigenvalue weighted by atomic mass is 9.94. The standard InChI is InChI=1S/C19H20Br2O/c1-11(2)13-7-5-9-15(17(13)20)19(22)16-10-6-8-14(12(3)4)18(16)21/h5-12H,1-4H3. The fraction of sp³-hybridized carbons (Fsp3) is 0.316. The first-order valence-electron chi connectivity index (χ1n) is 7.46. The van der Waals surface area contributed by atoms with E-state index in [9.17, 15) is 4.79 Å². The van der Waals surface area contributed by atoms with E-state index in [1.807, 2.05) is 24.3 Å². The average Bonchev–Trinajstić information content (AvgIpc) is 2.46. The number of rotatable bonds is 4. The van der Waals surface area contributed by atoms with E-state index < -0.39 is 0 Å². The monoisotopic (exact) mass is 422 g/mol. The van der Waals surface area contributed by atoms with Gasteiger partial charge in [0, 0.05) is 20.1 Å². The number of carbonyl (C=O) groups excluding carboxylic acids is 1. The molecule has 2 aromatic rings. The Morgan fingerprint density at radius 1 is 0.773 bits per heavy atom. The summed E-state index contributed by atoms with van der Waals surface area (Å²) in [5.41, 5.74) is 3.74. The van der Waals surface area contributed by atoms with Crippen LogP contribution < -0.4 is 0 Å². The van der Waals surface area contributed by atoms with Crippen LogP contribution >= 0.6 is 31.9 Å². The molecule has 0 heterocycles. The van der Waals surface area contributed by atoms with Crippen LogP contribution in [0.5, 0.6) is 0 Å². The highest BCUT2D eigenvalue weighted by Crippen LogP contribution is 2.33. The van der Waals surface area contributed by atoms with E-state index >= 15 is 0 Å². The number of hydrogen-bond donors (Lipinski definition) is 0. The quantitative estimate of drug-likeness (QED) is 0.500. The Kier molecular flexibility index (Phi) is 5.62. The second-order valence-electron chi connectivity index (χ2n) is 6.06. The third-order valence-electron chi connectivity index (χ3n) is 3.79. The number of carbonyl (C=O) groups is 1. The fourth-order valence-electron chi connectivity index (χ4n) is 2.49. The van der Waals surface area contributed by atoms with Gasteiger partial charge in [0.1, 0.15) is 0 Å². The molecule has 0 bridgehead atoms. The average molecular weight is 424 g/mol. The van der Waals surface area contributed by atoms with Gasteiger partial charge in [0.05, 0.1) is 0 Å². The second kappa shape index (κ2) is 7.10. The van der Waals surface area contributed by atoms with Crippen molar-refractivity contribution in [2.24, 2.45) is 0 Å². The first kappa shape index (κ1) is 17.4. The minimum absolute atomic E-state index is 0.0451. The van der Waals surface area contributed by atoms with Crippen LogP contribution in [0.3, 0.4) is 0 Å². The van der Waals surface area contributed by atoms with Crippen molar-refractivity contribution < 1.29 is 4.79 Å². The van der Waals surface area contributed by atoms with Crippen molar-refractivity contribution in [2.45, 2.75) is 39.5 Å². The molecule has 0 fully saturated rings. The van der Waals surface area contributed by atoms with Crippen LogP contribution in [0.1, 0.15) is 66.6 Å². The van der Waals surface area contributed by atoms with E-state index in [-0.39, 0.29) is 5.78 Å². The smallest absolute Gasteiger partial charge is 0.195 e. The number of hydrogen-bond acceptors (Lipinski definition) is 1. The molecule has 1 nitrogen and oxygen atoms in total. The van der Waals surface area contributed by atoms with Crippen molar-refractivity contribution in [3.8, 4) is 0 Å². The Bertz CT molecular complexity index is 643. The summed E-state index contributed by atoms with van der Waals surface area (Å²) in [5.74, 6) is 0.781. The molecule has 0 amide bonds.